The summed E-state index contributed by atoms with van der Waals surface area (Å²) in [7, 11) is 1.09. The molecule has 40 heavy (non-hydrogen) atoms. The lowest BCUT2D eigenvalue weighted by atomic mass is 9.83. The van der Waals surface area contributed by atoms with Gasteiger partial charge in [-0.3, -0.25) is 4.79 Å². The summed E-state index contributed by atoms with van der Waals surface area (Å²) in [5.41, 5.74) is 0.285. The average Bonchev–Trinajstić information content (AvgIpc) is 3.32. The first-order chi connectivity index (χ1) is 19.2. The Kier molecular flexibility index (Phi) is 7.85. The minimum absolute atomic E-state index is 0.124. The van der Waals surface area contributed by atoms with Crippen molar-refractivity contribution in [3.63, 3.8) is 0 Å². The fourth-order valence-corrected chi connectivity index (χ4v) is 5.59. The Balaban J connectivity index is 1.64. The van der Waals surface area contributed by atoms with E-state index in [1.807, 2.05) is 41.0 Å². The van der Waals surface area contributed by atoms with Crippen LogP contribution in [0.4, 0.5) is 18.9 Å². The summed E-state index contributed by atoms with van der Waals surface area (Å²) in [6, 6.07) is 16.6. The molecule has 1 saturated carbocycles. The number of methoxy groups -OCH3 is 1. The molecule has 1 fully saturated rings. The number of carbonyl (C=O) groups excluding carboxylic acids is 2. The molecular weight excluding hydrogens is 543 g/mol. The topological polar surface area (TPSA) is 73.2 Å². The van der Waals surface area contributed by atoms with Crippen LogP contribution in [0.2, 0.25) is 5.02 Å². The second-order valence-electron chi connectivity index (χ2n) is 9.88. The van der Waals surface area contributed by atoms with Crippen LogP contribution in [0.5, 0.6) is 0 Å². The van der Waals surface area contributed by atoms with Gasteiger partial charge in [-0.15, -0.1) is 0 Å². The number of para-hydroxylation sites is 2. The van der Waals surface area contributed by atoms with E-state index in [9.17, 15) is 22.8 Å². The maximum Gasteiger partial charge on any atom is 0.418 e. The number of rotatable bonds is 6. The number of ether oxygens (including phenoxy) is 1. The molecule has 1 aliphatic carbocycles. The van der Waals surface area contributed by atoms with Crippen molar-refractivity contribution >= 4 is 40.2 Å². The van der Waals surface area contributed by atoms with E-state index in [4.69, 9.17) is 16.6 Å². The highest BCUT2D eigenvalue weighted by atomic mass is 35.5. The second kappa shape index (κ2) is 11.3. The highest BCUT2D eigenvalue weighted by Gasteiger charge is 2.38. The number of aromatic nitrogens is 2. The zero-order valence-corrected chi connectivity index (χ0v) is 22.4. The van der Waals surface area contributed by atoms with Crippen LogP contribution in [0, 0.1) is 5.92 Å². The Labute approximate surface area is 234 Å². The van der Waals surface area contributed by atoms with Crippen molar-refractivity contribution in [2.75, 3.05) is 12.4 Å². The highest BCUT2D eigenvalue weighted by Crippen LogP contribution is 2.41. The third-order valence-electron chi connectivity index (χ3n) is 7.35. The van der Waals surface area contributed by atoms with Gasteiger partial charge in [0.25, 0.3) is 0 Å². The first kappa shape index (κ1) is 27.7. The zero-order valence-electron chi connectivity index (χ0n) is 21.7. The Morgan fingerprint density at radius 1 is 1.02 bits per heavy atom. The molecule has 0 radical (unpaired) electrons. The Bertz CT molecular complexity index is 1540. The molecule has 0 bridgehead atoms. The van der Waals surface area contributed by atoms with Gasteiger partial charge in [0.1, 0.15) is 11.9 Å². The molecule has 208 valence electrons. The Morgan fingerprint density at radius 2 is 1.73 bits per heavy atom. The summed E-state index contributed by atoms with van der Waals surface area (Å²) >= 11 is 6.12. The van der Waals surface area contributed by atoms with E-state index < -0.39 is 35.3 Å². The number of esters is 1. The normalized spacial score (nSPS) is 15.1. The van der Waals surface area contributed by atoms with Crippen molar-refractivity contribution in [3.8, 4) is 11.4 Å². The number of hydrogen-bond acceptors (Lipinski definition) is 4. The van der Waals surface area contributed by atoms with Gasteiger partial charge in [-0.1, -0.05) is 43.0 Å². The summed E-state index contributed by atoms with van der Waals surface area (Å²) in [6.07, 6.45) is -0.454. The minimum Gasteiger partial charge on any atom is -0.465 e. The first-order valence-corrected chi connectivity index (χ1v) is 13.4. The molecule has 1 heterocycles. The number of halogens is 4. The maximum atomic E-state index is 14.1. The summed E-state index contributed by atoms with van der Waals surface area (Å²) in [4.78, 5) is 30.8. The molecule has 3 aromatic carbocycles. The van der Waals surface area contributed by atoms with Crippen molar-refractivity contribution in [2.24, 2.45) is 5.92 Å². The minimum atomic E-state index is -4.82. The molecule has 1 N–H and O–H groups in total. The molecule has 1 aromatic heterocycles. The fraction of sp³-hybridized carbons (Fsp3) is 0.300. The van der Waals surface area contributed by atoms with Crippen molar-refractivity contribution in [2.45, 2.75) is 44.3 Å². The summed E-state index contributed by atoms with van der Waals surface area (Å²) in [5, 5.41) is 3.10. The van der Waals surface area contributed by atoms with Gasteiger partial charge in [-0.25, -0.2) is 9.78 Å². The zero-order chi connectivity index (χ0) is 28.4. The van der Waals surface area contributed by atoms with Crippen molar-refractivity contribution < 1.29 is 27.5 Å². The second-order valence-corrected chi connectivity index (χ2v) is 10.3. The molecular formula is C30H27ClF3N3O3. The van der Waals surface area contributed by atoms with E-state index in [1.54, 1.807) is 12.1 Å². The molecule has 1 aliphatic rings. The number of nitrogens with one attached hydrogen (secondary N) is 1. The van der Waals surface area contributed by atoms with Crippen LogP contribution in [-0.2, 0) is 15.7 Å². The van der Waals surface area contributed by atoms with Crippen LogP contribution in [-0.4, -0.2) is 28.5 Å². The molecule has 5 rings (SSSR count). The smallest absolute Gasteiger partial charge is 0.418 e. The molecule has 1 atom stereocenters. The van der Waals surface area contributed by atoms with Crippen LogP contribution in [0.15, 0.2) is 66.7 Å². The maximum absolute atomic E-state index is 14.1. The number of amides is 1. The van der Waals surface area contributed by atoms with Gasteiger partial charge in [0.2, 0.25) is 5.91 Å². The summed E-state index contributed by atoms with van der Waals surface area (Å²) in [5.74, 6) is -1.08. The monoisotopic (exact) mass is 569 g/mol. The standard InChI is InChI=1S/C30H27ClF3N3O3/c1-40-29(39)20-13-16-23(22(17-20)30(32,33)34)36-28(38)26(18-7-3-2-4-8-18)37-25-10-6-5-9-24(25)35-27(37)19-11-14-21(31)15-12-19/h5-6,9-18,26H,2-4,7-8H2,1H3,(H,36,38). The van der Waals surface area contributed by atoms with Crippen molar-refractivity contribution in [1.82, 2.24) is 9.55 Å². The van der Waals surface area contributed by atoms with Gasteiger partial charge in [-0.2, -0.15) is 13.2 Å². The highest BCUT2D eigenvalue weighted by molar-refractivity contribution is 6.30. The summed E-state index contributed by atoms with van der Waals surface area (Å²) in [6.45, 7) is 0. The quantitative estimate of drug-likeness (QED) is 0.239. The van der Waals surface area contributed by atoms with Crippen LogP contribution >= 0.6 is 11.6 Å². The van der Waals surface area contributed by atoms with E-state index in [-0.39, 0.29) is 11.5 Å². The van der Waals surface area contributed by atoms with Gasteiger partial charge in [0.15, 0.2) is 0 Å². The Hall–Kier alpha value is -3.85. The molecule has 6 nitrogen and oxygen atoms in total. The molecule has 10 heteroatoms. The van der Waals surface area contributed by atoms with Gasteiger partial charge in [0, 0.05) is 10.6 Å². The number of anilines is 1. The number of fused-ring (bicyclic) bond motifs is 1. The van der Waals surface area contributed by atoms with Crippen LogP contribution in [0.25, 0.3) is 22.4 Å². The lowest BCUT2D eigenvalue weighted by molar-refractivity contribution is -0.137. The number of carbonyl (C=O) groups is 2. The van der Waals surface area contributed by atoms with E-state index in [0.29, 0.717) is 27.9 Å². The van der Waals surface area contributed by atoms with Gasteiger partial charge in [-0.05, 0) is 73.4 Å². The molecule has 1 amide bonds. The van der Waals surface area contributed by atoms with Gasteiger partial charge < -0.3 is 14.6 Å². The number of alkyl halides is 3. The molecule has 4 aromatic rings. The van der Waals surface area contributed by atoms with Gasteiger partial charge in [0.05, 0.1) is 35.0 Å². The van der Waals surface area contributed by atoms with E-state index in [0.717, 1.165) is 50.8 Å². The van der Waals surface area contributed by atoms with Crippen LogP contribution in [0.1, 0.15) is 54.1 Å². The molecule has 0 spiro atoms. The number of nitrogens with zero attached hydrogens (tertiary/aromatic N) is 2. The third kappa shape index (κ3) is 5.56. The lowest BCUT2D eigenvalue weighted by Crippen LogP contribution is -2.34. The van der Waals surface area contributed by atoms with Crippen molar-refractivity contribution in [1.29, 1.82) is 0 Å². The SMILES string of the molecule is COC(=O)c1ccc(NC(=O)C(C2CCCCC2)n2c(-c3ccc(Cl)cc3)nc3ccccc32)c(C(F)(F)F)c1. The largest absolute Gasteiger partial charge is 0.465 e. The third-order valence-corrected chi connectivity index (χ3v) is 7.60. The van der Waals surface area contributed by atoms with Crippen LogP contribution in [0.3, 0.4) is 0 Å². The van der Waals surface area contributed by atoms with Gasteiger partial charge >= 0.3 is 12.1 Å². The lowest BCUT2D eigenvalue weighted by Gasteiger charge is -2.32. The predicted molar refractivity (Wildman–Crippen MR) is 147 cm³/mol. The average molecular weight is 570 g/mol. The molecule has 0 saturated heterocycles. The number of imidazole rings is 1. The van der Waals surface area contributed by atoms with E-state index >= 15 is 0 Å². The molecule has 0 aliphatic heterocycles. The number of hydrogen-bond donors (Lipinski definition) is 1. The molecule has 1 unspecified atom stereocenters. The van der Waals surface area contributed by atoms with Crippen LogP contribution < -0.4 is 5.32 Å². The summed E-state index contributed by atoms with van der Waals surface area (Å²) < 4.78 is 48.6. The van der Waals surface area contributed by atoms with Crippen molar-refractivity contribution in [3.05, 3.63) is 82.9 Å². The van der Waals surface area contributed by atoms with E-state index in [1.165, 1.54) is 6.07 Å². The van der Waals surface area contributed by atoms with E-state index in [2.05, 4.69) is 10.1 Å². The number of benzene rings is 3. The predicted octanol–water partition coefficient (Wildman–Crippen LogP) is 7.92. The Morgan fingerprint density at radius 3 is 2.40 bits per heavy atom. The first-order valence-electron chi connectivity index (χ1n) is 13.0. The fourth-order valence-electron chi connectivity index (χ4n) is 5.46.